The molecule has 0 atom stereocenters. The van der Waals surface area contributed by atoms with Gasteiger partial charge in [-0.25, -0.2) is 8.42 Å². The standard InChI is InChI=1S/C20H22ClN3O6S/c21-16-4-1-2-5-18(16)31(28,29)19-7-6-15(14-17(19)24(26)27)20(25)22-8-3-9-23-10-12-30-13-11-23/h1-2,4-7,14H,3,8-13H2,(H,22,25)/p+1. The van der Waals surface area contributed by atoms with Gasteiger partial charge in [0.05, 0.1) is 34.6 Å². The first-order valence-electron chi connectivity index (χ1n) is 9.78. The summed E-state index contributed by atoms with van der Waals surface area (Å²) in [7, 11) is -4.24. The van der Waals surface area contributed by atoms with Crippen molar-refractivity contribution in [2.24, 2.45) is 0 Å². The molecule has 2 aromatic carbocycles. The number of morpholine rings is 1. The molecule has 2 N–H and O–H groups in total. The van der Waals surface area contributed by atoms with Crippen molar-refractivity contribution >= 4 is 33.0 Å². The van der Waals surface area contributed by atoms with Crippen molar-refractivity contribution in [3.8, 4) is 0 Å². The van der Waals surface area contributed by atoms with Crippen LogP contribution in [0.25, 0.3) is 0 Å². The molecule has 0 aromatic heterocycles. The Bertz CT molecular complexity index is 1070. The zero-order valence-corrected chi connectivity index (χ0v) is 18.2. The van der Waals surface area contributed by atoms with Gasteiger partial charge in [0, 0.05) is 24.6 Å². The number of hydrogen-bond acceptors (Lipinski definition) is 6. The van der Waals surface area contributed by atoms with Crippen LogP contribution in [0, 0.1) is 10.1 Å². The smallest absolute Gasteiger partial charge is 0.289 e. The molecule has 1 amide bonds. The Hall–Kier alpha value is -2.53. The number of nitrogens with one attached hydrogen (secondary N) is 2. The Morgan fingerprint density at radius 1 is 1.16 bits per heavy atom. The van der Waals surface area contributed by atoms with E-state index in [1.807, 2.05) is 0 Å². The highest BCUT2D eigenvalue weighted by Crippen LogP contribution is 2.33. The second-order valence-electron chi connectivity index (χ2n) is 7.10. The third-order valence-corrected chi connectivity index (χ3v) is 7.33. The Balaban J connectivity index is 1.73. The Morgan fingerprint density at radius 2 is 1.87 bits per heavy atom. The molecule has 3 rings (SSSR count). The maximum Gasteiger partial charge on any atom is 0.289 e. The number of nitrogens with zero attached hydrogens (tertiary/aromatic N) is 1. The van der Waals surface area contributed by atoms with Crippen LogP contribution in [-0.2, 0) is 14.6 Å². The Labute approximate surface area is 185 Å². The lowest BCUT2D eigenvalue weighted by molar-refractivity contribution is -0.908. The van der Waals surface area contributed by atoms with Crippen molar-refractivity contribution in [1.82, 2.24) is 5.32 Å². The zero-order chi connectivity index (χ0) is 22.4. The van der Waals surface area contributed by atoms with Crippen LogP contribution >= 0.6 is 11.6 Å². The molecule has 0 unspecified atom stereocenters. The maximum atomic E-state index is 12.9. The van der Waals surface area contributed by atoms with Crippen LogP contribution < -0.4 is 10.2 Å². The van der Waals surface area contributed by atoms with E-state index in [0.29, 0.717) is 6.54 Å². The number of carbonyl (C=O) groups is 1. The van der Waals surface area contributed by atoms with E-state index in [9.17, 15) is 23.3 Å². The summed E-state index contributed by atoms with van der Waals surface area (Å²) in [6, 6.07) is 9.02. The predicted molar refractivity (Wildman–Crippen MR) is 113 cm³/mol. The molecule has 0 saturated carbocycles. The first-order chi connectivity index (χ1) is 14.8. The van der Waals surface area contributed by atoms with Gasteiger partial charge in [0.15, 0.2) is 0 Å². The molecule has 1 saturated heterocycles. The van der Waals surface area contributed by atoms with Crippen molar-refractivity contribution in [2.75, 3.05) is 39.4 Å². The van der Waals surface area contributed by atoms with Crippen LogP contribution in [0.2, 0.25) is 5.02 Å². The third kappa shape index (κ3) is 5.59. The summed E-state index contributed by atoms with van der Waals surface area (Å²) >= 11 is 5.98. The molecular formula is C20H23ClN3O6S+. The minimum Gasteiger partial charge on any atom is -0.370 e. The van der Waals surface area contributed by atoms with Crippen LogP contribution in [0.3, 0.4) is 0 Å². The van der Waals surface area contributed by atoms with Crippen molar-refractivity contribution in [3.63, 3.8) is 0 Å². The molecule has 0 aliphatic carbocycles. The Kier molecular flexibility index (Phi) is 7.60. The van der Waals surface area contributed by atoms with E-state index >= 15 is 0 Å². The maximum absolute atomic E-state index is 12.9. The van der Waals surface area contributed by atoms with Gasteiger partial charge in [-0.3, -0.25) is 14.9 Å². The number of carbonyl (C=O) groups excluding carboxylic acids is 1. The van der Waals surface area contributed by atoms with Crippen LogP contribution in [0.1, 0.15) is 16.8 Å². The lowest BCUT2D eigenvalue weighted by Crippen LogP contribution is -3.14. The van der Waals surface area contributed by atoms with Gasteiger partial charge in [-0.1, -0.05) is 23.7 Å². The molecule has 166 valence electrons. The van der Waals surface area contributed by atoms with Gasteiger partial charge in [-0.2, -0.15) is 0 Å². The summed E-state index contributed by atoms with van der Waals surface area (Å²) in [6.45, 7) is 4.63. The number of quaternary nitrogens is 1. The van der Waals surface area contributed by atoms with E-state index in [0.717, 1.165) is 51.4 Å². The minimum atomic E-state index is -4.24. The first-order valence-corrected chi connectivity index (χ1v) is 11.6. The summed E-state index contributed by atoms with van der Waals surface area (Å²) in [5, 5.41) is 14.2. The van der Waals surface area contributed by atoms with Crippen LogP contribution in [0.5, 0.6) is 0 Å². The lowest BCUT2D eigenvalue weighted by Gasteiger charge is -2.23. The van der Waals surface area contributed by atoms with Gasteiger partial charge in [0.1, 0.15) is 18.0 Å². The van der Waals surface area contributed by atoms with Crippen molar-refractivity contribution in [2.45, 2.75) is 16.2 Å². The van der Waals surface area contributed by atoms with Gasteiger partial charge >= 0.3 is 0 Å². The average molecular weight is 469 g/mol. The summed E-state index contributed by atoms with van der Waals surface area (Å²) < 4.78 is 31.1. The number of halogens is 1. The third-order valence-electron chi connectivity index (χ3n) is 5.03. The van der Waals surface area contributed by atoms with E-state index in [2.05, 4.69) is 5.32 Å². The zero-order valence-electron chi connectivity index (χ0n) is 16.7. The highest BCUT2D eigenvalue weighted by molar-refractivity contribution is 7.91. The fourth-order valence-electron chi connectivity index (χ4n) is 3.36. The molecule has 1 fully saturated rings. The number of amides is 1. The highest BCUT2D eigenvalue weighted by Gasteiger charge is 2.30. The largest absolute Gasteiger partial charge is 0.370 e. The molecule has 1 heterocycles. The summed E-state index contributed by atoms with van der Waals surface area (Å²) in [4.78, 5) is 23.8. The minimum absolute atomic E-state index is 0.0172. The van der Waals surface area contributed by atoms with Crippen LogP contribution in [-0.4, -0.2) is 58.6 Å². The number of rotatable bonds is 8. The molecule has 1 aliphatic rings. The monoisotopic (exact) mass is 468 g/mol. The number of nitro benzene ring substituents is 1. The molecule has 1 aliphatic heterocycles. The highest BCUT2D eigenvalue weighted by atomic mass is 35.5. The van der Waals surface area contributed by atoms with Crippen molar-refractivity contribution < 1.29 is 27.8 Å². The second-order valence-corrected chi connectivity index (χ2v) is 9.39. The number of sulfone groups is 1. The first kappa shape index (κ1) is 23.1. The second kappa shape index (κ2) is 10.2. The molecule has 0 bridgehead atoms. The molecule has 2 aromatic rings. The topological polar surface area (TPSA) is 120 Å². The number of ether oxygens (including phenoxy) is 1. The SMILES string of the molecule is O=C(NCCC[NH+]1CCOCC1)c1ccc(S(=O)(=O)c2ccccc2Cl)c([N+](=O)[O-])c1. The normalized spacial score (nSPS) is 14.9. The predicted octanol–water partition coefficient (Wildman–Crippen LogP) is 1.12. The fourth-order valence-corrected chi connectivity index (χ4v) is 5.28. The van der Waals surface area contributed by atoms with E-state index in [1.165, 1.54) is 29.2 Å². The van der Waals surface area contributed by atoms with E-state index in [1.54, 1.807) is 6.07 Å². The number of hydrogen-bond donors (Lipinski definition) is 2. The van der Waals surface area contributed by atoms with Gasteiger partial charge in [0.25, 0.3) is 11.6 Å². The van der Waals surface area contributed by atoms with E-state index < -0.39 is 31.3 Å². The van der Waals surface area contributed by atoms with Crippen LogP contribution in [0.15, 0.2) is 52.3 Å². The Morgan fingerprint density at radius 3 is 2.55 bits per heavy atom. The molecule has 0 spiro atoms. The van der Waals surface area contributed by atoms with Crippen molar-refractivity contribution in [1.29, 1.82) is 0 Å². The van der Waals surface area contributed by atoms with Crippen LogP contribution in [0.4, 0.5) is 5.69 Å². The molecule has 9 nitrogen and oxygen atoms in total. The quantitative estimate of drug-likeness (QED) is 0.340. The van der Waals surface area contributed by atoms with Gasteiger partial charge in [-0.15, -0.1) is 0 Å². The van der Waals surface area contributed by atoms with E-state index in [4.69, 9.17) is 16.3 Å². The molecule has 11 heteroatoms. The number of nitro groups is 1. The molecule has 0 radical (unpaired) electrons. The van der Waals surface area contributed by atoms with Gasteiger partial charge in [0.2, 0.25) is 9.84 Å². The summed E-state index contributed by atoms with van der Waals surface area (Å²) in [5.41, 5.74) is -0.658. The molecule has 31 heavy (non-hydrogen) atoms. The van der Waals surface area contributed by atoms with Crippen molar-refractivity contribution in [3.05, 3.63) is 63.2 Å². The fraction of sp³-hybridized carbons (Fsp3) is 0.350. The van der Waals surface area contributed by atoms with Gasteiger partial charge in [-0.05, 0) is 24.3 Å². The number of benzene rings is 2. The average Bonchev–Trinajstić information content (AvgIpc) is 2.77. The van der Waals surface area contributed by atoms with Gasteiger partial charge < -0.3 is 15.0 Å². The summed E-state index contributed by atoms with van der Waals surface area (Å²) in [5.74, 6) is -0.498. The van der Waals surface area contributed by atoms with E-state index in [-0.39, 0.29) is 15.5 Å². The summed E-state index contributed by atoms with van der Waals surface area (Å²) in [6.07, 6.45) is 0.752. The lowest BCUT2D eigenvalue weighted by atomic mass is 10.2. The molecular weight excluding hydrogens is 446 g/mol.